The van der Waals surface area contributed by atoms with Gasteiger partial charge >= 0.3 is 0 Å². The topological polar surface area (TPSA) is 109 Å². The van der Waals surface area contributed by atoms with Crippen molar-refractivity contribution in [3.63, 3.8) is 0 Å². The van der Waals surface area contributed by atoms with Gasteiger partial charge in [-0.25, -0.2) is 4.98 Å². The molecule has 2 N–H and O–H groups in total. The number of carbonyl (C=O) groups is 1. The van der Waals surface area contributed by atoms with E-state index in [1.54, 1.807) is 54.7 Å². The van der Waals surface area contributed by atoms with Crippen LogP contribution >= 0.6 is 34.8 Å². The third kappa shape index (κ3) is 6.08. The summed E-state index contributed by atoms with van der Waals surface area (Å²) < 4.78 is 11.9. The van der Waals surface area contributed by atoms with Crippen molar-refractivity contribution in [1.82, 2.24) is 10.1 Å². The fourth-order valence-corrected chi connectivity index (χ4v) is 5.98. The van der Waals surface area contributed by atoms with Crippen molar-refractivity contribution in [2.24, 2.45) is 0 Å². The molecular weight excluding hydrogens is 589 g/mol. The molecule has 1 unspecified atom stereocenters. The number of β-amino-alcohol motifs (C(OH)–C–C–N with tert-alkyl or cyclic N) is 1. The van der Waals surface area contributed by atoms with Gasteiger partial charge in [0.05, 0.1) is 27.2 Å². The molecule has 214 valence electrons. The number of aliphatic hydroxyl groups is 2. The smallest absolute Gasteiger partial charge is 0.150 e. The average Bonchev–Trinajstić information content (AvgIpc) is 3.62. The minimum Gasteiger partial charge on any atom is -0.489 e. The molecule has 0 radical (unpaired) electrons. The lowest BCUT2D eigenvalue weighted by atomic mass is 9.93. The molecule has 0 bridgehead atoms. The Labute approximate surface area is 252 Å². The zero-order valence-corrected chi connectivity index (χ0v) is 24.5. The zero-order chi connectivity index (χ0) is 29.1. The van der Waals surface area contributed by atoms with Crippen LogP contribution in [0.25, 0.3) is 11.3 Å². The fourth-order valence-electron chi connectivity index (χ4n) is 5.06. The van der Waals surface area contributed by atoms with Crippen LogP contribution in [0.15, 0.2) is 59.3 Å². The molecule has 8 nitrogen and oxygen atoms in total. The van der Waals surface area contributed by atoms with Crippen LogP contribution in [0, 0.1) is 0 Å². The Morgan fingerprint density at radius 3 is 2.54 bits per heavy atom. The highest BCUT2D eigenvalue weighted by atomic mass is 35.5. The van der Waals surface area contributed by atoms with Crippen LogP contribution in [0.2, 0.25) is 15.1 Å². The molecule has 2 fully saturated rings. The number of nitrogens with zero attached hydrogens (tertiary/aromatic N) is 3. The van der Waals surface area contributed by atoms with Crippen LogP contribution in [0.3, 0.4) is 0 Å². The van der Waals surface area contributed by atoms with E-state index in [4.69, 9.17) is 49.2 Å². The lowest BCUT2D eigenvalue weighted by molar-refractivity contribution is 0.0607. The van der Waals surface area contributed by atoms with Gasteiger partial charge in [0.1, 0.15) is 41.5 Å². The SMILES string of the molecule is CO.O=Cc1ccnc(N2CCC(O)(c3ccc(OCc4c(-c5c(Cl)cccc5Cl)noc4C4CC4)cc3Cl)C2)c1. The van der Waals surface area contributed by atoms with Crippen LogP contribution in [0.4, 0.5) is 5.82 Å². The molecule has 11 heteroatoms. The minimum atomic E-state index is -1.17. The van der Waals surface area contributed by atoms with Gasteiger partial charge in [-0.3, -0.25) is 4.79 Å². The standard InChI is InChI=1S/C29H24Cl3N3O4.CH4O/c30-22-2-1-3-23(31)26(22)27-20(28(39-34-27)18-4-5-18)15-38-19-6-7-21(24(32)13-19)29(37)9-11-35(16-29)25-12-17(14-36)8-10-33-25;1-2/h1-3,6-8,10,12-14,18,37H,4-5,9,11,15-16H2;2H,1H3. The number of benzene rings is 2. The summed E-state index contributed by atoms with van der Waals surface area (Å²) in [7, 11) is 1.00. The molecule has 3 heterocycles. The van der Waals surface area contributed by atoms with Crippen LogP contribution in [-0.4, -0.2) is 46.8 Å². The first-order chi connectivity index (χ1) is 19.9. The van der Waals surface area contributed by atoms with E-state index in [0.29, 0.717) is 74.4 Å². The van der Waals surface area contributed by atoms with Crippen molar-refractivity contribution in [2.75, 3.05) is 25.1 Å². The summed E-state index contributed by atoms with van der Waals surface area (Å²) in [6.45, 7) is 1.07. The van der Waals surface area contributed by atoms with Gasteiger partial charge in [0, 0.05) is 42.5 Å². The number of aliphatic hydroxyl groups excluding tert-OH is 1. The van der Waals surface area contributed by atoms with E-state index < -0.39 is 5.60 Å². The van der Waals surface area contributed by atoms with Crippen LogP contribution < -0.4 is 9.64 Å². The van der Waals surface area contributed by atoms with Gasteiger partial charge in [-0.1, -0.05) is 52.1 Å². The number of aromatic nitrogens is 2. The third-order valence-corrected chi connectivity index (χ3v) is 8.21. The van der Waals surface area contributed by atoms with E-state index in [1.807, 2.05) is 4.90 Å². The van der Waals surface area contributed by atoms with E-state index >= 15 is 0 Å². The molecule has 2 aromatic carbocycles. The molecule has 6 rings (SSSR count). The molecule has 1 aliphatic heterocycles. The first-order valence-corrected chi connectivity index (χ1v) is 14.2. The maximum Gasteiger partial charge on any atom is 0.150 e. The number of rotatable bonds is 8. The lowest BCUT2D eigenvalue weighted by Crippen LogP contribution is -2.31. The Kier molecular flexibility index (Phi) is 8.87. The maximum absolute atomic E-state index is 11.5. The number of carbonyl (C=O) groups excluding carboxylic acids is 1. The molecule has 1 aliphatic carbocycles. The fraction of sp³-hybridized carbons (Fsp3) is 0.300. The van der Waals surface area contributed by atoms with Crippen molar-refractivity contribution >= 4 is 46.9 Å². The summed E-state index contributed by atoms with van der Waals surface area (Å²) in [5, 5.41) is 24.2. The summed E-state index contributed by atoms with van der Waals surface area (Å²) >= 11 is 19.6. The Morgan fingerprint density at radius 1 is 1.10 bits per heavy atom. The van der Waals surface area contributed by atoms with Gasteiger partial charge in [-0.15, -0.1) is 0 Å². The molecule has 1 saturated heterocycles. The highest BCUT2D eigenvalue weighted by Crippen LogP contribution is 2.46. The first-order valence-electron chi connectivity index (χ1n) is 13.1. The van der Waals surface area contributed by atoms with Gasteiger partial charge in [0.15, 0.2) is 0 Å². The second kappa shape index (κ2) is 12.4. The summed E-state index contributed by atoms with van der Waals surface area (Å²) in [6, 6.07) is 14.0. The van der Waals surface area contributed by atoms with Crippen molar-refractivity contribution in [2.45, 2.75) is 37.4 Å². The quantitative estimate of drug-likeness (QED) is 0.211. The predicted octanol–water partition coefficient (Wildman–Crippen LogP) is 6.67. The summed E-state index contributed by atoms with van der Waals surface area (Å²) in [5.41, 5.74) is 1.97. The largest absolute Gasteiger partial charge is 0.489 e. The monoisotopic (exact) mass is 615 g/mol. The van der Waals surface area contributed by atoms with E-state index in [9.17, 15) is 9.90 Å². The molecular formula is C30H28Cl3N3O5. The molecule has 0 spiro atoms. The molecule has 0 amide bonds. The molecule has 1 saturated carbocycles. The van der Waals surface area contributed by atoms with Gasteiger partial charge in [0.25, 0.3) is 0 Å². The van der Waals surface area contributed by atoms with Crippen LogP contribution in [0.1, 0.15) is 52.4 Å². The Balaban J connectivity index is 0.00000165. The number of pyridine rings is 1. The Morgan fingerprint density at radius 2 is 1.85 bits per heavy atom. The number of aldehydes is 1. The van der Waals surface area contributed by atoms with Gasteiger partial charge in [0.2, 0.25) is 0 Å². The molecule has 41 heavy (non-hydrogen) atoms. The Bertz CT molecular complexity index is 1540. The number of halogens is 3. The second-order valence-electron chi connectivity index (χ2n) is 9.94. The van der Waals surface area contributed by atoms with Gasteiger partial charge in [-0.05, 0) is 55.7 Å². The highest BCUT2D eigenvalue weighted by molar-refractivity contribution is 6.39. The summed E-state index contributed by atoms with van der Waals surface area (Å²) in [6.07, 6.45) is 4.90. The summed E-state index contributed by atoms with van der Waals surface area (Å²) in [4.78, 5) is 17.5. The van der Waals surface area contributed by atoms with Crippen molar-refractivity contribution in [1.29, 1.82) is 0 Å². The number of hydrogen-bond donors (Lipinski definition) is 2. The number of hydrogen-bond acceptors (Lipinski definition) is 8. The highest BCUT2D eigenvalue weighted by Gasteiger charge is 2.40. The van der Waals surface area contributed by atoms with E-state index in [-0.39, 0.29) is 6.61 Å². The van der Waals surface area contributed by atoms with Crippen LogP contribution in [0.5, 0.6) is 5.75 Å². The van der Waals surface area contributed by atoms with Crippen LogP contribution in [-0.2, 0) is 12.2 Å². The predicted molar refractivity (Wildman–Crippen MR) is 158 cm³/mol. The van der Waals surface area contributed by atoms with E-state index in [0.717, 1.165) is 37.6 Å². The van der Waals surface area contributed by atoms with Crippen molar-refractivity contribution < 1.29 is 24.3 Å². The first kappa shape index (κ1) is 29.4. The zero-order valence-electron chi connectivity index (χ0n) is 22.2. The molecule has 2 aliphatic rings. The molecule has 2 aromatic heterocycles. The van der Waals surface area contributed by atoms with E-state index in [2.05, 4.69) is 10.1 Å². The number of ether oxygens (including phenoxy) is 1. The third-order valence-electron chi connectivity index (χ3n) is 7.27. The Hall–Kier alpha value is -3.14. The van der Waals surface area contributed by atoms with Crippen molar-refractivity contribution in [3.8, 4) is 17.0 Å². The van der Waals surface area contributed by atoms with Gasteiger partial charge < -0.3 is 24.4 Å². The second-order valence-corrected chi connectivity index (χ2v) is 11.2. The van der Waals surface area contributed by atoms with Crippen molar-refractivity contribution in [3.05, 3.63) is 92.2 Å². The number of anilines is 1. The minimum absolute atomic E-state index is 0.193. The average molecular weight is 617 g/mol. The van der Waals surface area contributed by atoms with Gasteiger partial charge in [-0.2, -0.15) is 0 Å². The maximum atomic E-state index is 11.5. The summed E-state index contributed by atoms with van der Waals surface area (Å²) in [5.74, 6) is 2.28. The molecule has 4 aromatic rings. The normalized spacial score (nSPS) is 18.1. The van der Waals surface area contributed by atoms with E-state index in [1.165, 1.54) is 0 Å². The lowest BCUT2D eigenvalue weighted by Gasteiger charge is -2.25. The molecule has 1 atom stereocenters.